The van der Waals surface area contributed by atoms with Gasteiger partial charge in [0.05, 0.1) is 6.54 Å². The van der Waals surface area contributed by atoms with E-state index in [9.17, 15) is 14.4 Å². The van der Waals surface area contributed by atoms with Crippen molar-refractivity contribution in [2.75, 3.05) is 5.32 Å². The quantitative estimate of drug-likeness (QED) is 0.389. The molecule has 0 aliphatic carbocycles. The van der Waals surface area contributed by atoms with Crippen molar-refractivity contribution in [3.63, 3.8) is 0 Å². The number of halogens is 1. The average molecular weight is 520 g/mol. The Hall–Kier alpha value is -3.84. The molecule has 8 heteroatoms. The van der Waals surface area contributed by atoms with Crippen LogP contribution in [-0.4, -0.2) is 34.9 Å². The van der Waals surface area contributed by atoms with Gasteiger partial charge in [-0.25, -0.2) is 4.79 Å². The van der Waals surface area contributed by atoms with Crippen molar-refractivity contribution in [2.45, 2.75) is 51.9 Å². The third kappa shape index (κ3) is 6.30. The van der Waals surface area contributed by atoms with Gasteiger partial charge in [0.15, 0.2) is 12.1 Å². The number of amides is 3. The third-order valence-corrected chi connectivity index (χ3v) is 6.58. The van der Waals surface area contributed by atoms with Gasteiger partial charge in [-0.05, 0) is 67.8 Å². The predicted molar refractivity (Wildman–Crippen MR) is 143 cm³/mol. The summed E-state index contributed by atoms with van der Waals surface area (Å²) in [4.78, 5) is 40.6. The fraction of sp³-hybridized carbons (Fsp3) is 0.276. The van der Waals surface area contributed by atoms with Gasteiger partial charge < -0.3 is 15.4 Å². The number of ether oxygens (including phenoxy) is 1. The van der Waals surface area contributed by atoms with Crippen LogP contribution in [-0.2, 0) is 16.1 Å². The second kappa shape index (κ2) is 11.5. The molecule has 1 aliphatic heterocycles. The van der Waals surface area contributed by atoms with E-state index in [-0.39, 0.29) is 24.4 Å². The van der Waals surface area contributed by atoms with Crippen LogP contribution in [0, 0.1) is 6.92 Å². The highest BCUT2D eigenvalue weighted by atomic mass is 35.5. The Morgan fingerprint density at radius 3 is 2.54 bits per heavy atom. The number of carbonyl (C=O) groups is 3. The van der Waals surface area contributed by atoms with E-state index in [1.54, 1.807) is 54.6 Å². The number of hydrogen-bond acceptors (Lipinski definition) is 4. The first-order chi connectivity index (χ1) is 17.7. The Morgan fingerprint density at radius 2 is 1.81 bits per heavy atom. The summed E-state index contributed by atoms with van der Waals surface area (Å²) in [6, 6.07) is 20.5. The Bertz CT molecular complexity index is 1310. The Morgan fingerprint density at radius 1 is 1.05 bits per heavy atom. The molecule has 3 amide bonds. The largest absolute Gasteiger partial charge is 0.438 e. The van der Waals surface area contributed by atoms with Gasteiger partial charge in [-0.3, -0.25) is 14.5 Å². The number of hydrogen-bond donors (Lipinski definition) is 2. The molecule has 0 bridgehead atoms. The minimum absolute atomic E-state index is 0.0724. The number of rotatable bonds is 8. The zero-order valence-corrected chi connectivity index (χ0v) is 21.8. The number of benzene rings is 3. The molecule has 1 aliphatic rings. The van der Waals surface area contributed by atoms with Crippen LogP contribution in [0.2, 0.25) is 5.02 Å². The lowest BCUT2D eigenvalue weighted by Gasteiger charge is -2.26. The molecule has 0 spiro atoms. The molecule has 0 radical (unpaired) electrons. The summed E-state index contributed by atoms with van der Waals surface area (Å²) >= 11 is 6.14. The Kier molecular flexibility index (Phi) is 8.14. The molecule has 3 atom stereocenters. The van der Waals surface area contributed by atoms with Crippen molar-refractivity contribution in [2.24, 2.45) is 0 Å². The van der Waals surface area contributed by atoms with Crippen LogP contribution in [0.4, 0.5) is 10.5 Å². The van der Waals surface area contributed by atoms with Gasteiger partial charge in [-0.15, -0.1) is 0 Å². The first kappa shape index (κ1) is 26.2. The van der Waals surface area contributed by atoms with Crippen LogP contribution >= 0.6 is 11.6 Å². The average Bonchev–Trinajstić information content (AvgIpc) is 3.20. The summed E-state index contributed by atoms with van der Waals surface area (Å²) in [7, 11) is 0. The van der Waals surface area contributed by atoms with E-state index >= 15 is 0 Å². The van der Waals surface area contributed by atoms with Crippen LogP contribution < -0.4 is 10.6 Å². The summed E-state index contributed by atoms with van der Waals surface area (Å²) in [6.07, 6.45) is -0.706. The Labute approximate surface area is 221 Å². The van der Waals surface area contributed by atoms with Gasteiger partial charge in [-0.2, -0.15) is 0 Å². The molecule has 3 aromatic carbocycles. The molecular weight excluding hydrogens is 490 g/mol. The molecule has 4 rings (SSSR count). The highest BCUT2D eigenvalue weighted by Crippen LogP contribution is 2.35. The molecule has 1 fully saturated rings. The van der Waals surface area contributed by atoms with E-state index in [0.29, 0.717) is 21.8 Å². The minimum Gasteiger partial charge on any atom is -0.438 e. The summed E-state index contributed by atoms with van der Waals surface area (Å²) < 4.78 is 5.75. The summed E-state index contributed by atoms with van der Waals surface area (Å²) in [5, 5.41) is 6.42. The number of nitrogens with one attached hydrogen (secondary N) is 2. The highest BCUT2D eigenvalue weighted by molar-refractivity contribution is 6.30. The van der Waals surface area contributed by atoms with Gasteiger partial charge in [0.2, 0.25) is 5.91 Å². The fourth-order valence-corrected chi connectivity index (χ4v) is 4.47. The van der Waals surface area contributed by atoms with Gasteiger partial charge in [0, 0.05) is 22.3 Å². The zero-order valence-electron chi connectivity index (χ0n) is 21.0. The molecule has 7 nitrogen and oxygen atoms in total. The van der Waals surface area contributed by atoms with E-state index in [1.165, 1.54) is 4.90 Å². The van der Waals surface area contributed by atoms with Crippen LogP contribution in [0.15, 0.2) is 72.8 Å². The first-order valence-corrected chi connectivity index (χ1v) is 12.6. The van der Waals surface area contributed by atoms with Crippen LogP contribution in [0.1, 0.15) is 53.4 Å². The Balaban J connectivity index is 1.62. The molecule has 3 unspecified atom stereocenters. The summed E-state index contributed by atoms with van der Waals surface area (Å²) in [5.41, 5.74) is 3.44. The number of cyclic esters (lactones) is 1. The summed E-state index contributed by atoms with van der Waals surface area (Å²) in [5.74, 6) is -0.556. The molecule has 192 valence electrons. The number of anilines is 1. The normalized spacial score (nSPS) is 17.7. The van der Waals surface area contributed by atoms with E-state index in [1.807, 2.05) is 39.0 Å². The number of nitrogens with zero attached hydrogens (tertiary/aromatic N) is 1. The molecule has 1 heterocycles. The second-order valence-corrected chi connectivity index (χ2v) is 9.71. The van der Waals surface area contributed by atoms with Gasteiger partial charge in [-0.1, -0.05) is 60.5 Å². The van der Waals surface area contributed by atoms with Crippen molar-refractivity contribution in [1.29, 1.82) is 0 Å². The van der Waals surface area contributed by atoms with Gasteiger partial charge in [0.1, 0.15) is 0 Å². The maximum Gasteiger partial charge on any atom is 0.411 e. The smallest absolute Gasteiger partial charge is 0.411 e. The van der Waals surface area contributed by atoms with Crippen molar-refractivity contribution < 1.29 is 19.1 Å². The number of aryl methyl sites for hydroxylation is 1. The lowest BCUT2D eigenvalue weighted by molar-refractivity contribution is -0.127. The lowest BCUT2D eigenvalue weighted by Crippen LogP contribution is -2.48. The number of carbonyl (C=O) groups excluding carboxylic acids is 3. The zero-order chi connectivity index (χ0) is 26.5. The third-order valence-electron chi connectivity index (χ3n) is 6.35. The summed E-state index contributed by atoms with van der Waals surface area (Å²) in [6.45, 7) is 5.97. The van der Waals surface area contributed by atoms with E-state index < -0.39 is 18.2 Å². The van der Waals surface area contributed by atoms with Gasteiger partial charge in [0.25, 0.3) is 5.91 Å². The monoisotopic (exact) mass is 519 g/mol. The minimum atomic E-state index is -0.900. The van der Waals surface area contributed by atoms with Crippen molar-refractivity contribution in [3.8, 4) is 0 Å². The highest BCUT2D eigenvalue weighted by Gasteiger charge is 2.47. The van der Waals surface area contributed by atoms with Crippen LogP contribution in [0.3, 0.4) is 0 Å². The molecule has 0 aromatic heterocycles. The van der Waals surface area contributed by atoms with E-state index in [2.05, 4.69) is 10.6 Å². The van der Waals surface area contributed by atoms with Crippen LogP contribution in [0.5, 0.6) is 0 Å². The maximum absolute atomic E-state index is 13.4. The van der Waals surface area contributed by atoms with Crippen molar-refractivity contribution in [3.05, 3.63) is 100 Å². The topological polar surface area (TPSA) is 87.7 Å². The van der Waals surface area contributed by atoms with Crippen LogP contribution in [0.25, 0.3) is 0 Å². The molecular formula is C29H30ClN3O4. The lowest BCUT2D eigenvalue weighted by atomic mass is 9.99. The molecule has 2 N–H and O–H groups in total. The standard InChI is InChI=1S/C29H30ClN3O4/c1-4-19(3)31-28(35)25-26(37-29(36)33(25)17-20-9-6-12-23(30)15-20)21-10-7-13-24(16-21)32-27(34)22-11-5-8-18(2)14-22/h5-16,19,25-26H,4,17H2,1-3H3,(H,31,35)(H,32,34). The fourth-order valence-electron chi connectivity index (χ4n) is 4.26. The molecule has 0 saturated carbocycles. The van der Waals surface area contributed by atoms with Gasteiger partial charge >= 0.3 is 6.09 Å². The predicted octanol–water partition coefficient (Wildman–Crippen LogP) is 5.88. The van der Waals surface area contributed by atoms with E-state index in [4.69, 9.17) is 16.3 Å². The van der Waals surface area contributed by atoms with E-state index in [0.717, 1.165) is 17.5 Å². The second-order valence-electron chi connectivity index (χ2n) is 9.27. The first-order valence-electron chi connectivity index (χ1n) is 12.2. The molecule has 37 heavy (non-hydrogen) atoms. The maximum atomic E-state index is 13.4. The van der Waals surface area contributed by atoms with Crippen molar-refractivity contribution >= 4 is 35.2 Å². The molecule has 1 saturated heterocycles. The molecule has 3 aromatic rings. The SMILES string of the molecule is CCC(C)NC(=O)C1C(c2cccc(NC(=O)c3cccc(C)c3)c2)OC(=O)N1Cc1cccc(Cl)c1. The van der Waals surface area contributed by atoms with Crippen molar-refractivity contribution in [1.82, 2.24) is 10.2 Å².